The van der Waals surface area contributed by atoms with E-state index >= 15 is 0 Å². The molecule has 0 radical (unpaired) electrons. The van der Waals surface area contributed by atoms with E-state index in [0.29, 0.717) is 0 Å². The van der Waals surface area contributed by atoms with Crippen LogP contribution in [-0.2, 0) is 9.53 Å². The predicted molar refractivity (Wildman–Crippen MR) is 79.3 cm³/mol. The van der Waals surface area contributed by atoms with Crippen molar-refractivity contribution in [3.63, 3.8) is 0 Å². The van der Waals surface area contributed by atoms with Gasteiger partial charge in [0.2, 0.25) is 0 Å². The van der Waals surface area contributed by atoms with Crippen molar-refractivity contribution in [1.29, 1.82) is 0 Å². The fourth-order valence-electron chi connectivity index (χ4n) is 4.85. The Balaban J connectivity index is 1.91. The van der Waals surface area contributed by atoms with Crippen LogP contribution < -0.4 is 5.73 Å². The highest BCUT2D eigenvalue weighted by Gasteiger charge is 2.57. The summed E-state index contributed by atoms with van der Waals surface area (Å²) in [4.78, 5) is 14.5. The van der Waals surface area contributed by atoms with Gasteiger partial charge in [-0.2, -0.15) is 0 Å². The Morgan fingerprint density at radius 3 is 2.95 bits per heavy atom. The molecule has 0 bridgehead atoms. The number of aliphatic hydroxyl groups excluding tert-OH is 1. The molecular weight excluding hydrogens is 268 g/mol. The second-order valence-corrected chi connectivity index (χ2v) is 7.07. The molecule has 0 aromatic carbocycles. The van der Waals surface area contributed by atoms with Gasteiger partial charge in [0.05, 0.1) is 12.0 Å². The molecule has 3 saturated heterocycles. The minimum absolute atomic E-state index is 0.0550. The molecule has 120 valence electrons. The lowest BCUT2D eigenvalue weighted by molar-refractivity contribution is -0.151. The number of nitrogens with two attached hydrogens (primary N) is 1. The van der Waals surface area contributed by atoms with E-state index in [0.717, 1.165) is 45.1 Å². The number of fused-ring (bicyclic) bond motifs is 3. The van der Waals surface area contributed by atoms with Crippen LogP contribution in [0.3, 0.4) is 0 Å². The monoisotopic (exact) mass is 296 g/mol. The topological polar surface area (TPSA) is 75.8 Å². The number of piperidine rings is 1. The molecule has 5 heteroatoms. The van der Waals surface area contributed by atoms with Gasteiger partial charge in [-0.05, 0) is 32.2 Å². The molecule has 0 aliphatic carbocycles. The summed E-state index contributed by atoms with van der Waals surface area (Å²) in [7, 11) is 0. The number of ether oxygens (including phenoxy) is 1. The smallest absolute Gasteiger partial charge is 0.310 e. The quantitative estimate of drug-likeness (QED) is 0.750. The minimum Gasteiger partial charge on any atom is -0.444 e. The first-order chi connectivity index (χ1) is 9.98. The molecule has 21 heavy (non-hydrogen) atoms. The van der Waals surface area contributed by atoms with Crippen LogP contribution in [0.5, 0.6) is 0 Å². The second-order valence-electron chi connectivity index (χ2n) is 7.07. The first kappa shape index (κ1) is 15.3. The van der Waals surface area contributed by atoms with Crippen LogP contribution in [-0.4, -0.2) is 46.4 Å². The van der Waals surface area contributed by atoms with E-state index in [-0.39, 0.29) is 36.0 Å². The number of carbonyl (C=O) groups excluding carboxylic acids is 1. The van der Waals surface area contributed by atoms with Gasteiger partial charge in [-0.15, -0.1) is 0 Å². The largest absolute Gasteiger partial charge is 0.444 e. The van der Waals surface area contributed by atoms with Crippen LogP contribution >= 0.6 is 0 Å². The zero-order valence-electron chi connectivity index (χ0n) is 13.1. The van der Waals surface area contributed by atoms with Crippen molar-refractivity contribution in [2.24, 2.45) is 17.6 Å². The van der Waals surface area contributed by atoms with Crippen molar-refractivity contribution < 1.29 is 14.6 Å². The summed E-state index contributed by atoms with van der Waals surface area (Å²) in [6.07, 6.45) is 5.34. The van der Waals surface area contributed by atoms with Crippen LogP contribution in [0.1, 0.15) is 52.4 Å². The Bertz CT molecular complexity index is 416. The Morgan fingerprint density at radius 1 is 1.48 bits per heavy atom. The van der Waals surface area contributed by atoms with Crippen LogP contribution in [0.15, 0.2) is 0 Å². The molecule has 5 nitrogen and oxygen atoms in total. The molecule has 3 heterocycles. The molecule has 0 spiro atoms. The van der Waals surface area contributed by atoms with E-state index < -0.39 is 5.72 Å². The fraction of sp³-hybridized carbons (Fsp3) is 0.938. The first-order valence-electron chi connectivity index (χ1n) is 8.43. The van der Waals surface area contributed by atoms with Gasteiger partial charge in [-0.1, -0.05) is 20.3 Å². The Kier molecular flexibility index (Phi) is 4.01. The van der Waals surface area contributed by atoms with Crippen LogP contribution in [0.2, 0.25) is 0 Å². The molecule has 3 rings (SSSR count). The van der Waals surface area contributed by atoms with E-state index in [9.17, 15) is 9.90 Å². The third kappa shape index (κ3) is 2.39. The van der Waals surface area contributed by atoms with Gasteiger partial charge in [0.1, 0.15) is 0 Å². The normalized spacial score (nSPS) is 45.4. The van der Waals surface area contributed by atoms with Gasteiger partial charge in [-0.3, -0.25) is 15.4 Å². The van der Waals surface area contributed by atoms with Crippen LogP contribution in [0.4, 0.5) is 0 Å². The SMILES string of the molecule is CC[C@@H](O)[C@@H]1CCC[C@@H]2[C@@H]3[C@@H](C)C(=O)O[C@@]3(N)CCCN21. The second kappa shape index (κ2) is 5.52. The zero-order chi connectivity index (χ0) is 15.2. The fourth-order valence-corrected chi connectivity index (χ4v) is 4.85. The lowest BCUT2D eigenvalue weighted by atomic mass is 9.76. The number of rotatable bonds is 2. The molecule has 3 aliphatic heterocycles. The van der Waals surface area contributed by atoms with Crippen molar-refractivity contribution in [3.8, 4) is 0 Å². The maximum atomic E-state index is 12.0. The van der Waals surface area contributed by atoms with Gasteiger partial charge < -0.3 is 9.84 Å². The van der Waals surface area contributed by atoms with Gasteiger partial charge in [0.15, 0.2) is 5.72 Å². The molecule has 0 amide bonds. The summed E-state index contributed by atoms with van der Waals surface area (Å²) in [6, 6.07) is 0.470. The average Bonchev–Trinajstić information content (AvgIpc) is 2.60. The van der Waals surface area contributed by atoms with E-state index in [2.05, 4.69) is 4.90 Å². The highest BCUT2D eigenvalue weighted by molar-refractivity contribution is 5.75. The van der Waals surface area contributed by atoms with E-state index in [4.69, 9.17) is 10.5 Å². The van der Waals surface area contributed by atoms with Crippen molar-refractivity contribution in [3.05, 3.63) is 0 Å². The third-order valence-electron chi connectivity index (χ3n) is 5.88. The van der Waals surface area contributed by atoms with E-state index in [1.165, 1.54) is 0 Å². The minimum atomic E-state index is -0.797. The van der Waals surface area contributed by atoms with Gasteiger partial charge in [0.25, 0.3) is 0 Å². The van der Waals surface area contributed by atoms with Crippen LogP contribution in [0.25, 0.3) is 0 Å². The molecule has 0 aromatic heterocycles. The molecule has 3 N–H and O–H groups in total. The maximum absolute atomic E-state index is 12.0. The zero-order valence-corrected chi connectivity index (χ0v) is 13.1. The molecular formula is C16H28N2O3. The van der Waals surface area contributed by atoms with E-state index in [1.807, 2.05) is 13.8 Å². The lowest BCUT2D eigenvalue weighted by Crippen LogP contribution is -2.58. The molecule has 0 saturated carbocycles. The number of carbonyl (C=O) groups is 1. The molecule has 3 fully saturated rings. The Hall–Kier alpha value is -0.650. The molecule has 3 aliphatic rings. The standard InChI is InChI=1S/C16H28N2O3/c1-3-13(19)11-6-4-7-12-14-10(2)15(20)21-16(14,17)8-5-9-18(11)12/h10-14,19H,3-9,17H2,1-2H3/t10-,11+,12-,13-,14+,16+/m1/s1. The third-order valence-corrected chi connectivity index (χ3v) is 5.88. The number of hydrogen-bond acceptors (Lipinski definition) is 5. The van der Waals surface area contributed by atoms with Crippen molar-refractivity contribution in [1.82, 2.24) is 4.90 Å². The number of esters is 1. The molecule has 0 unspecified atom stereocenters. The van der Waals surface area contributed by atoms with Crippen molar-refractivity contribution in [2.45, 2.75) is 76.3 Å². The summed E-state index contributed by atoms with van der Waals surface area (Å²) in [5, 5.41) is 10.4. The predicted octanol–water partition coefficient (Wildman–Crippen LogP) is 1.24. The van der Waals surface area contributed by atoms with E-state index in [1.54, 1.807) is 0 Å². The number of nitrogens with zero attached hydrogens (tertiary/aromatic N) is 1. The lowest BCUT2D eigenvalue weighted by Gasteiger charge is -2.47. The highest BCUT2D eigenvalue weighted by atomic mass is 16.6. The highest BCUT2D eigenvalue weighted by Crippen LogP contribution is 2.46. The van der Waals surface area contributed by atoms with Gasteiger partial charge in [-0.25, -0.2) is 0 Å². The van der Waals surface area contributed by atoms with Crippen molar-refractivity contribution >= 4 is 5.97 Å². The summed E-state index contributed by atoms with van der Waals surface area (Å²) in [6.45, 7) is 4.93. The maximum Gasteiger partial charge on any atom is 0.310 e. The van der Waals surface area contributed by atoms with Gasteiger partial charge >= 0.3 is 5.97 Å². The summed E-state index contributed by atoms with van der Waals surface area (Å²) in [5.41, 5.74) is 5.68. The summed E-state index contributed by atoms with van der Waals surface area (Å²) in [5.74, 6) is -0.236. The number of aliphatic hydroxyl groups is 1. The molecule has 6 atom stereocenters. The number of hydrogen-bond donors (Lipinski definition) is 2. The molecule has 0 aromatic rings. The summed E-state index contributed by atoms with van der Waals surface area (Å²) < 4.78 is 5.57. The van der Waals surface area contributed by atoms with Crippen LogP contribution in [0, 0.1) is 11.8 Å². The Morgan fingerprint density at radius 2 is 2.24 bits per heavy atom. The first-order valence-corrected chi connectivity index (χ1v) is 8.43. The van der Waals surface area contributed by atoms with Crippen molar-refractivity contribution in [2.75, 3.05) is 6.54 Å². The Labute approximate surface area is 126 Å². The average molecular weight is 296 g/mol. The summed E-state index contributed by atoms with van der Waals surface area (Å²) >= 11 is 0. The van der Waals surface area contributed by atoms with Gasteiger partial charge in [0, 0.05) is 24.4 Å².